The molecule has 1 heterocycles. The van der Waals surface area contributed by atoms with Gasteiger partial charge in [0.1, 0.15) is 6.61 Å². The summed E-state index contributed by atoms with van der Waals surface area (Å²) in [7, 11) is 0. The Morgan fingerprint density at radius 3 is 2.71 bits per heavy atom. The Labute approximate surface area is 132 Å². The van der Waals surface area contributed by atoms with Gasteiger partial charge in [-0.05, 0) is 31.6 Å². The fourth-order valence-electron chi connectivity index (χ4n) is 2.45. The van der Waals surface area contributed by atoms with Gasteiger partial charge in [-0.1, -0.05) is 0 Å². The van der Waals surface area contributed by atoms with Crippen molar-refractivity contribution in [2.75, 3.05) is 39.4 Å². The summed E-state index contributed by atoms with van der Waals surface area (Å²) in [4.78, 5) is 25.7. The second-order valence-corrected chi connectivity index (χ2v) is 5.72. The van der Waals surface area contributed by atoms with Crippen molar-refractivity contribution in [3.8, 4) is 0 Å². The summed E-state index contributed by atoms with van der Waals surface area (Å²) in [5.41, 5.74) is 5.37. The maximum atomic E-state index is 12.0. The van der Waals surface area contributed by atoms with Crippen molar-refractivity contribution >= 4 is 24.2 Å². The second kappa shape index (κ2) is 9.23. The van der Waals surface area contributed by atoms with Gasteiger partial charge >= 0.3 is 0 Å². The topological polar surface area (TPSA) is 84.7 Å². The molecule has 1 aliphatic carbocycles. The average molecular weight is 320 g/mol. The highest BCUT2D eigenvalue weighted by atomic mass is 35.5. The number of ether oxygens (including phenoxy) is 1. The molecule has 1 saturated carbocycles. The highest BCUT2D eigenvalue weighted by molar-refractivity contribution is 5.85. The summed E-state index contributed by atoms with van der Waals surface area (Å²) in [6.45, 7) is 3.01. The predicted molar refractivity (Wildman–Crippen MR) is 82.2 cm³/mol. The van der Waals surface area contributed by atoms with Gasteiger partial charge in [0.05, 0.1) is 12.5 Å². The first-order chi connectivity index (χ1) is 9.70. The molecule has 6 nitrogen and oxygen atoms in total. The molecule has 3 N–H and O–H groups in total. The molecule has 7 heteroatoms. The number of piperidine rings is 1. The molecule has 0 aromatic rings. The van der Waals surface area contributed by atoms with Crippen LogP contribution in [0.2, 0.25) is 0 Å². The molecule has 2 amide bonds. The Bertz CT molecular complexity index is 350. The van der Waals surface area contributed by atoms with Crippen LogP contribution in [0.1, 0.15) is 25.7 Å². The maximum Gasteiger partial charge on any atom is 0.248 e. The van der Waals surface area contributed by atoms with Crippen LogP contribution in [0.4, 0.5) is 0 Å². The van der Waals surface area contributed by atoms with E-state index in [-0.39, 0.29) is 36.7 Å². The van der Waals surface area contributed by atoms with E-state index >= 15 is 0 Å². The van der Waals surface area contributed by atoms with Gasteiger partial charge in [0.2, 0.25) is 11.8 Å². The molecule has 21 heavy (non-hydrogen) atoms. The maximum absolute atomic E-state index is 12.0. The second-order valence-electron chi connectivity index (χ2n) is 5.72. The zero-order chi connectivity index (χ0) is 14.4. The van der Waals surface area contributed by atoms with Gasteiger partial charge in [-0.25, -0.2) is 0 Å². The number of nitrogens with one attached hydrogen (secondary N) is 1. The van der Waals surface area contributed by atoms with Gasteiger partial charge in [-0.3, -0.25) is 9.59 Å². The lowest BCUT2D eigenvalue weighted by atomic mass is 9.97. The van der Waals surface area contributed by atoms with E-state index in [1.165, 1.54) is 12.8 Å². The van der Waals surface area contributed by atoms with Crippen molar-refractivity contribution in [2.45, 2.75) is 25.7 Å². The average Bonchev–Trinajstić information content (AvgIpc) is 3.29. The van der Waals surface area contributed by atoms with Crippen LogP contribution in [0.25, 0.3) is 0 Å². The number of rotatable bonds is 7. The van der Waals surface area contributed by atoms with Crippen molar-refractivity contribution < 1.29 is 14.3 Å². The molecule has 0 spiro atoms. The summed E-state index contributed by atoms with van der Waals surface area (Å²) < 4.78 is 5.42. The van der Waals surface area contributed by atoms with Crippen molar-refractivity contribution in [3.05, 3.63) is 0 Å². The van der Waals surface area contributed by atoms with E-state index in [0.717, 1.165) is 19.4 Å². The zero-order valence-corrected chi connectivity index (χ0v) is 13.2. The first-order valence-electron chi connectivity index (χ1n) is 7.54. The fraction of sp³-hybridized carbons (Fsp3) is 0.857. The van der Waals surface area contributed by atoms with E-state index in [9.17, 15) is 9.59 Å². The van der Waals surface area contributed by atoms with Crippen LogP contribution >= 0.6 is 12.4 Å². The van der Waals surface area contributed by atoms with E-state index in [1.54, 1.807) is 4.90 Å². The van der Waals surface area contributed by atoms with Gasteiger partial charge in [-0.15, -0.1) is 12.4 Å². The lowest BCUT2D eigenvalue weighted by Gasteiger charge is -2.32. The SMILES string of the molecule is Cl.NCCNC(=O)C1CCCN(C(=O)COCC2CC2)C1. The standard InChI is InChI=1S/C14H25N3O3.ClH/c15-5-6-16-14(19)12-2-1-7-17(8-12)13(18)10-20-9-11-3-4-11;/h11-12H,1-10,15H2,(H,16,19);1H. The molecule has 2 aliphatic rings. The molecule has 2 rings (SSSR count). The van der Waals surface area contributed by atoms with Gasteiger partial charge in [0, 0.05) is 26.2 Å². The summed E-state index contributed by atoms with van der Waals surface area (Å²) in [6, 6.07) is 0. The predicted octanol–water partition coefficient (Wildman–Crippen LogP) is 0.148. The number of nitrogens with two attached hydrogens (primary N) is 1. The highest BCUT2D eigenvalue weighted by Crippen LogP contribution is 2.28. The largest absolute Gasteiger partial charge is 0.371 e. The minimum Gasteiger partial charge on any atom is -0.371 e. The molecule has 1 aliphatic heterocycles. The molecule has 122 valence electrons. The normalized spacial score (nSPS) is 21.6. The molecule has 2 fully saturated rings. The lowest BCUT2D eigenvalue weighted by molar-refractivity contribution is -0.139. The van der Waals surface area contributed by atoms with Crippen LogP contribution in [-0.4, -0.2) is 56.1 Å². The van der Waals surface area contributed by atoms with E-state index in [0.29, 0.717) is 32.2 Å². The number of carbonyl (C=O) groups excluding carboxylic acids is 2. The Morgan fingerprint density at radius 1 is 1.29 bits per heavy atom. The first kappa shape index (κ1) is 18.2. The Balaban J connectivity index is 0.00000220. The number of nitrogens with zero attached hydrogens (tertiary/aromatic N) is 1. The summed E-state index contributed by atoms with van der Waals surface area (Å²) in [6.07, 6.45) is 4.15. The summed E-state index contributed by atoms with van der Waals surface area (Å²) >= 11 is 0. The quantitative estimate of drug-likeness (QED) is 0.699. The molecular formula is C14H26ClN3O3. The molecule has 1 saturated heterocycles. The zero-order valence-electron chi connectivity index (χ0n) is 12.4. The van der Waals surface area contributed by atoms with Crippen LogP contribution < -0.4 is 11.1 Å². The lowest BCUT2D eigenvalue weighted by Crippen LogP contribution is -2.47. The third-order valence-corrected chi connectivity index (χ3v) is 3.86. The third kappa shape index (κ3) is 6.20. The number of carbonyl (C=O) groups is 2. The first-order valence-corrected chi connectivity index (χ1v) is 7.54. The van der Waals surface area contributed by atoms with Crippen molar-refractivity contribution in [1.82, 2.24) is 10.2 Å². The van der Waals surface area contributed by atoms with Crippen molar-refractivity contribution in [1.29, 1.82) is 0 Å². The molecule has 0 bridgehead atoms. The molecule has 1 unspecified atom stereocenters. The van der Waals surface area contributed by atoms with Crippen LogP contribution in [0.15, 0.2) is 0 Å². The highest BCUT2D eigenvalue weighted by Gasteiger charge is 2.28. The Kier molecular flexibility index (Phi) is 8.00. The monoisotopic (exact) mass is 319 g/mol. The Hall–Kier alpha value is -0.850. The Morgan fingerprint density at radius 2 is 2.05 bits per heavy atom. The van der Waals surface area contributed by atoms with Crippen LogP contribution in [0.3, 0.4) is 0 Å². The van der Waals surface area contributed by atoms with Crippen LogP contribution in [-0.2, 0) is 14.3 Å². The molecular weight excluding hydrogens is 294 g/mol. The van der Waals surface area contributed by atoms with E-state index in [2.05, 4.69) is 5.32 Å². The summed E-state index contributed by atoms with van der Waals surface area (Å²) in [5.74, 6) is 0.565. The van der Waals surface area contributed by atoms with E-state index < -0.39 is 0 Å². The molecule has 0 aromatic carbocycles. The third-order valence-electron chi connectivity index (χ3n) is 3.86. The number of halogens is 1. The smallest absolute Gasteiger partial charge is 0.248 e. The van der Waals surface area contributed by atoms with Gasteiger partial charge in [-0.2, -0.15) is 0 Å². The van der Waals surface area contributed by atoms with E-state index in [1.807, 2.05) is 0 Å². The van der Waals surface area contributed by atoms with Crippen LogP contribution in [0.5, 0.6) is 0 Å². The number of hydrogen-bond donors (Lipinski definition) is 2. The van der Waals surface area contributed by atoms with Gasteiger partial charge in [0.15, 0.2) is 0 Å². The molecule has 0 radical (unpaired) electrons. The summed E-state index contributed by atoms with van der Waals surface area (Å²) in [5, 5.41) is 2.79. The number of amides is 2. The van der Waals surface area contributed by atoms with Gasteiger partial charge in [0.25, 0.3) is 0 Å². The molecule has 1 atom stereocenters. The van der Waals surface area contributed by atoms with Crippen LogP contribution in [0, 0.1) is 11.8 Å². The van der Waals surface area contributed by atoms with Crippen molar-refractivity contribution in [2.24, 2.45) is 17.6 Å². The molecule has 0 aromatic heterocycles. The number of hydrogen-bond acceptors (Lipinski definition) is 4. The number of likely N-dealkylation sites (tertiary alicyclic amines) is 1. The van der Waals surface area contributed by atoms with E-state index in [4.69, 9.17) is 10.5 Å². The fourth-order valence-corrected chi connectivity index (χ4v) is 2.45. The minimum absolute atomic E-state index is 0. The van der Waals surface area contributed by atoms with Gasteiger partial charge < -0.3 is 20.7 Å². The van der Waals surface area contributed by atoms with Crippen molar-refractivity contribution in [3.63, 3.8) is 0 Å². The minimum atomic E-state index is -0.109.